The van der Waals surface area contributed by atoms with Crippen LogP contribution in [0.4, 0.5) is 0 Å². The van der Waals surface area contributed by atoms with Gasteiger partial charge in [-0.05, 0) is 31.9 Å². The molecule has 0 unspecified atom stereocenters. The fourth-order valence-corrected chi connectivity index (χ4v) is 5.16. The molecule has 2 fully saturated rings. The molecule has 6 nitrogen and oxygen atoms in total. The fourth-order valence-electron chi connectivity index (χ4n) is 4.92. The smallest absolute Gasteiger partial charge is 0.261 e. The summed E-state index contributed by atoms with van der Waals surface area (Å²) in [6, 6.07) is 3.95. The minimum atomic E-state index is 0.0162. The highest BCUT2D eigenvalue weighted by Gasteiger charge is 2.39. The van der Waals surface area contributed by atoms with E-state index in [9.17, 15) is 4.79 Å². The number of hydrogen-bond donors (Lipinski definition) is 0. The standard InChI is InChI=1S/C20H24ClN3O3/c1-26-18-8-16-14(7-15(18)21)20(25)24-6-4-17-13(19(24)22-16)3-2-5-23(17)9-12-10-27-11-12/h7-8,12-13,17H,2-6,9-11H2,1H3/t13-,17+/m1/s1. The molecule has 7 heteroatoms. The summed E-state index contributed by atoms with van der Waals surface area (Å²) in [7, 11) is 1.58. The normalized spacial score (nSPS) is 25.7. The minimum absolute atomic E-state index is 0.0162. The summed E-state index contributed by atoms with van der Waals surface area (Å²) < 4.78 is 12.6. The number of methoxy groups -OCH3 is 1. The first-order chi connectivity index (χ1) is 13.2. The largest absolute Gasteiger partial charge is 0.495 e. The number of halogens is 1. The molecule has 2 aromatic rings. The first-order valence-electron chi connectivity index (χ1n) is 9.75. The number of aromatic nitrogens is 2. The van der Waals surface area contributed by atoms with Gasteiger partial charge in [0.05, 0.1) is 36.2 Å². The number of nitrogens with zero attached hydrogens (tertiary/aromatic N) is 3. The predicted molar refractivity (Wildman–Crippen MR) is 104 cm³/mol. The van der Waals surface area contributed by atoms with Crippen LogP contribution in [0, 0.1) is 5.92 Å². The van der Waals surface area contributed by atoms with Crippen molar-refractivity contribution in [2.45, 2.75) is 37.8 Å². The third-order valence-electron chi connectivity index (χ3n) is 6.33. The second-order valence-corrected chi connectivity index (χ2v) is 8.34. The number of likely N-dealkylation sites (tertiary alicyclic amines) is 1. The molecule has 0 amide bonds. The number of hydrogen-bond acceptors (Lipinski definition) is 5. The van der Waals surface area contributed by atoms with Gasteiger partial charge in [-0.3, -0.25) is 14.3 Å². The van der Waals surface area contributed by atoms with Gasteiger partial charge in [0.2, 0.25) is 0 Å². The second kappa shape index (κ2) is 6.76. The molecule has 0 N–H and O–H groups in total. The van der Waals surface area contributed by atoms with E-state index in [0.717, 1.165) is 57.9 Å². The highest BCUT2D eigenvalue weighted by Crippen LogP contribution is 2.38. The lowest BCUT2D eigenvalue weighted by molar-refractivity contribution is -0.0590. The highest BCUT2D eigenvalue weighted by molar-refractivity contribution is 6.32. The fraction of sp³-hybridized carbons (Fsp3) is 0.600. The van der Waals surface area contributed by atoms with Crippen LogP contribution in [-0.4, -0.2) is 53.9 Å². The maximum absolute atomic E-state index is 13.1. The van der Waals surface area contributed by atoms with Gasteiger partial charge in [-0.25, -0.2) is 4.98 Å². The third-order valence-corrected chi connectivity index (χ3v) is 6.63. The van der Waals surface area contributed by atoms with Gasteiger partial charge in [0, 0.05) is 37.0 Å². The van der Waals surface area contributed by atoms with E-state index in [1.165, 1.54) is 0 Å². The van der Waals surface area contributed by atoms with Crippen LogP contribution >= 0.6 is 11.6 Å². The van der Waals surface area contributed by atoms with Crippen molar-refractivity contribution in [1.82, 2.24) is 14.5 Å². The number of rotatable bonds is 3. The number of benzene rings is 1. The Labute approximate surface area is 163 Å². The Morgan fingerprint density at radius 1 is 1.30 bits per heavy atom. The second-order valence-electron chi connectivity index (χ2n) is 7.93. The molecule has 0 saturated carbocycles. The van der Waals surface area contributed by atoms with Crippen LogP contribution in [0.15, 0.2) is 16.9 Å². The monoisotopic (exact) mass is 389 g/mol. The van der Waals surface area contributed by atoms with Gasteiger partial charge in [-0.2, -0.15) is 0 Å². The predicted octanol–water partition coefficient (Wildman–Crippen LogP) is 2.66. The van der Waals surface area contributed by atoms with Gasteiger partial charge in [0.15, 0.2) is 0 Å². The lowest BCUT2D eigenvalue weighted by Crippen LogP contribution is -2.52. The van der Waals surface area contributed by atoms with Crippen molar-refractivity contribution in [3.05, 3.63) is 33.3 Å². The van der Waals surface area contributed by atoms with E-state index in [0.29, 0.717) is 39.6 Å². The summed E-state index contributed by atoms with van der Waals surface area (Å²) in [6.07, 6.45) is 3.24. The Hall–Kier alpha value is -1.63. The van der Waals surface area contributed by atoms with Gasteiger partial charge in [-0.15, -0.1) is 0 Å². The summed E-state index contributed by atoms with van der Waals surface area (Å²) in [5, 5.41) is 1.02. The average molecular weight is 390 g/mol. The lowest BCUT2D eigenvalue weighted by Gasteiger charge is -2.46. The Balaban J connectivity index is 1.56. The van der Waals surface area contributed by atoms with E-state index >= 15 is 0 Å². The SMILES string of the molecule is COc1cc2nc3n(c(=O)c2cc1Cl)CC[C@H]1[C@H]3CCCN1CC1COC1. The van der Waals surface area contributed by atoms with E-state index in [-0.39, 0.29) is 5.56 Å². The Kier molecular flexibility index (Phi) is 4.37. The number of ether oxygens (including phenoxy) is 2. The molecule has 0 bridgehead atoms. The van der Waals surface area contributed by atoms with E-state index in [1.807, 2.05) is 4.57 Å². The van der Waals surface area contributed by atoms with E-state index < -0.39 is 0 Å². The van der Waals surface area contributed by atoms with E-state index in [2.05, 4.69) is 4.90 Å². The van der Waals surface area contributed by atoms with Crippen molar-refractivity contribution in [3.8, 4) is 5.75 Å². The van der Waals surface area contributed by atoms with Crippen LogP contribution in [0.2, 0.25) is 5.02 Å². The molecular formula is C20H24ClN3O3. The molecule has 0 radical (unpaired) electrons. The molecule has 5 rings (SSSR count). The maximum atomic E-state index is 13.1. The molecule has 3 aliphatic heterocycles. The zero-order chi connectivity index (χ0) is 18.5. The Morgan fingerprint density at radius 2 is 2.15 bits per heavy atom. The van der Waals surface area contributed by atoms with E-state index in [4.69, 9.17) is 26.1 Å². The first-order valence-corrected chi connectivity index (χ1v) is 10.1. The highest BCUT2D eigenvalue weighted by atomic mass is 35.5. The van der Waals surface area contributed by atoms with Gasteiger partial charge in [0.25, 0.3) is 5.56 Å². The van der Waals surface area contributed by atoms with Crippen molar-refractivity contribution >= 4 is 22.5 Å². The van der Waals surface area contributed by atoms with Gasteiger partial charge in [-0.1, -0.05) is 11.6 Å². The maximum Gasteiger partial charge on any atom is 0.261 e. The Morgan fingerprint density at radius 3 is 2.89 bits per heavy atom. The quantitative estimate of drug-likeness (QED) is 0.807. The molecule has 1 aromatic heterocycles. The van der Waals surface area contributed by atoms with Crippen molar-refractivity contribution in [1.29, 1.82) is 0 Å². The van der Waals surface area contributed by atoms with Crippen molar-refractivity contribution in [2.75, 3.05) is 33.4 Å². The molecule has 0 aliphatic carbocycles. The van der Waals surface area contributed by atoms with Crippen molar-refractivity contribution in [2.24, 2.45) is 5.92 Å². The number of piperidine rings is 1. The molecule has 144 valence electrons. The third kappa shape index (κ3) is 2.85. The molecule has 2 saturated heterocycles. The summed E-state index contributed by atoms with van der Waals surface area (Å²) in [4.78, 5) is 20.7. The minimum Gasteiger partial charge on any atom is -0.495 e. The Bertz CT molecular complexity index is 940. The van der Waals surface area contributed by atoms with Crippen LogP contribution < -0.4 is 10.3 Å². The van der Waals surface area contributed by atoms with Crippen LogP contribution in [0.1, 0.15) is 31.0 Å². The number of fused-ring (bicyclic) bond motifs is 4. The molecule has 0 spiro atoms. The molecule has 2 atom stereocenters. The van der Waals surface area contributed by atoms with Crippen LogP contribution in [0.5, 0.6) is 5.75 Å². The summed E-state index contributed by atoms with van der Waals surface area (Å²) in [5.74, 6) is 2.46. The van der Waals surface area contributed by atoms with Crippen LogP contribution in [-0.2, 0) is 11.3 Å². The summed E-state index contributed by atoms with van der Waals surface area (Å²) >= 11 is 6.24. The zero-order valence-electron chi connectivity index (χ0n) is 15.5. The van der Waals surface area contributed by atoms with Gasteiger partial charge >= 0.3 is 0 Å². The molecule has 3 aliphatic rings. The molecular weight excluding hydrogens is 366 g/mol. The van der Waals surface area contributed by atoms with Crippen molar-refractivity contribution in [3.63, 3.8) is 0 Å². The summed E-state index contributed by atoms with van der Waals surface area (Å²) in [6.45, 7) is 4.72. The zero-order valence-corrected chi connectivity index (χ0v) is 16.2. The van der Waals surface area contributed by atoms with E-state index in [1.54, 1.807) is 19.2 Å². The molecule has 4 heterocycles. The summed E-state index contributed by atoms with van der Waals surface area (Å²) in [5.41, 5.74) is 0.695. The lowest BCUT2D eigenvalue weighted by atomic mass is 9.83. The first kappa shape index (κ1) is 17.5. The van der Waals surface area contributed by atoms with Crippen LogP contribution in [0.3, 0.4) is 0 Å². The average Bonchev–Trinajstić information content (AvgIpc) is 2.65. The molecule has 27 heavy (non-hydrogen) atoms. The van der Waals surface area contributed by atoms with Gasteiger partial charge < -0.3 is 9.47 Å². The van der Waals surface area contributed by atoms with Crippen LogP contribution in [0.25, 0.3) is 10.9 Å². The molecule has 1 aromatic carbocycles. The van der Waals surface area contributed by atoms with Crippen molar-refractivity contribution < 1.29 is 9.47 Å². The topological polar surface area (TPSA) is 56.6 Å². The van der Waals surface area contributed by atoms with Gasteiger partial charge in [0.1, 0.15) is 11.6 Å².